The lowest BCUT2D eigenvalue weighted by Crippen LogP contribution is -2.21. The molecular formula is C40H42O3S. The molecule has 0 spiro atoms. The van der Waals surface area contributed by atoms with Gasteiger partial charge in [0.15, 0.2) is 11.5 Å². The highest BCUT2D eigenvalue weighted by Crippen LogP contribution is 2.46. The summed E-state index contributed by atoms with van der Waals surface area (Å²) in [4.78, 5) is 0. The summed E-state index contributed by atoms with van der Waals surface area (Å²) in [5.41, 5.74) is 8.39. The molecule has 1 atom stereocenters. The van der Waals surface area contributed by atoms with Crippen LogP contribution < -0.4 is 14.2 Å². The Morgan fingerprint density at radius 2 is 1.05 bits per heavy atom. The highest BCUT2D eigenvalue weighted by Gasteiger charge is 2.31. The van der Waals surface area contributed by atoms with Crippen molar-refractivity contribution in [3.05, 3.63) is 160 Å². The van der Waals surface area contributed by atoms with Crippen molar-refractivity contribution in [1.82, 2.24) is 0 Å². The molecule has 5 rings (SSSR count). The Hall–Kier alpha value is -4.15. The van der Waals surface area contributed by atoms with Gasteiger partial charge in [-0.15, -0.1) is 0 Å². The summed E-state index contributed by atoms with van der Waals surface area (Å²) in [6, 6.07) is 41.7. The zero-order valence-corrected chi connectivity index (χ0v) is 27.0. The van der Waals surface area contributed by atoms with E-state index < -0.39 is 0 Å². The maximum Gasteiger partial charge on any atom is 0.161 e. The van der Waals surface area contributed by atoms with Crippen molar-refractivity contribution in [3.63, 3.8) is 0 Å². The van der Waals surface area contributed by atoms with E-state index in [0.29, 0.717) is 19.8 Å². The minimum absolute atomic E-state index is 0.142. The third-order valence-electron chi connectivity index (χ3n) is 8.03. The zero-order chi connectivity index (χ0) is 30.8. The molecule has 0 aromatic heterocycles. The molecule has 44 heavy (non-hydrogen) atoms. The lowest BCUT2D eigenvalue weighted by atomic mass is 9.88. The molecule has 4 heteroatoms. The van der Waals surface area contributed by atoms with Crippen LogP contribution >= 0.6 is 11.8 Å². The van der Waals surface area contributed by atoms with Crippen LogP contribution in [0.1, 0.15) is 52.3 Å². The minimum atomic E-state index is -0.142. The lowest BCUT2D eigenvalue weighted by molar-refractivity contribution is 0.255. The van der Waals surface area contributed by atoms with Crippen molar-refractivity contribution >= 4 is 11.8 Å². The van der Waals surface area contributed by atoms with Crippen molar-refractivity contribution in [2.45, 2.75) is 58.2 Å². The van der Waals surface area contributed by atoms with Crippen molar-refractivity contribution in [1.29, 1.82) is 0 Å². The molecule has 0 radical (unpaired) electrons. The summed E-state index contributed by atoms with van der Waals surface area (Å²) in [7, 11) is 0. The van der Waals surface area contributed by atoms with Crippen LogP contribution in [0.4, 0.5) is 0 Å². The molecule has 1 unspecified atom stereocenters. The van der Waals surface area contributed by atoms with Crippen LogP contribution in [0.3, 0.4) is 0 Å². The number of aryl methyl sites for hydroxylation is 3. The van der Waals surface area contributed by atoms with Crippen molar-refractivity contribution in [2.75, 3.05) is 6.26 Å². The summed E-state index contributed by atoms with van der Waals surface area (Å²) < 4.78 is 19.0. The Morgan fingerprint density at radius 3 is 1.57 bits per heavy atom. The summed E-state index contributed by atoms with van der Waals surface area (Å²) in [5, 5.41) is 0. The Morgan fingerprint density at radius 1 is 0.545 bits per heavy atom. The Balaban J connectivity index is 1.36. The fraction of sp³-hybridized carbons (Fsp3) is 0.250. The quantitative estimate of drug-likeness (QED) is 0.126. The van der Waals surface area contributed by atoms with E-state index in [9.17, 15) is 0 Å². The molecule has 0 saturated heterocycles. The first-order chi connectivity index (χ1) is 21.4. The SMILES string of the molecule is CSC(C)(CCc1ccc(OCc2ccccc2)c(OCc2ccccc2)c1)c1c(C)cc(C)cc1OCc1ccccc1. The molecule has 0 heterocycles. The number of benzene rings is 5. The standard InChI is InChI=1S/C40H42O3S/c1-30-24-31(2)39(38(25-30)43-29-35-18-12-7-13-19-35)40(3,44-4)23-22-32-20-21-36(41-27-33-14-8-5-9-15-33)37(26-32)42-28-34-16-10-6-11-17-34/h5-21,24-26H,22-23,27-29H2,1-4H3. The van der Waals surface area contributed by atoms with Gasteiger partial charge in [0, 0.05) is 10.3 Å². The van der Waals surface area contributed by atoms with Crippen molar-refractivity contribution in [3.8, 4) is 17.2 Å². The average Bonchev–Trinajstić information content (AvgIpc) is 3.06. The number of thioether (sulfide) groups is 1. The van der Waals surface area contributed by atoms with Gasteiger partial charge >= 0.3 is 0 Å². The third kappa shape index (κ3) is 8.27. The highest BCUT2D eigenvalue weighted by molar-refractivity contribution is 7.99. The molecule has 0 saturated carbocycles. The molecule has 0 N–H and O–H groups in total. The molecule has 0 aliphatic heterocycles. The van der Waals surface area contributed by atoms with Crippen LogP contribution in [0.5, 0.6) is 17.2 Å². The van der Waals surface area contributed by atoms with E-state index in [2.05, 4.69) is 106 Å². The first kappa shape index (κ1) is 31.3. The van der Waals surface area contributed by atoms with E-state index in [1.807, 2.05) is 54.2 Å². The molecular weight excluding hydrogens is 561 g/mol. The monoisotopic (exact) mass is 602 g/mol. The summed E-state index contributed by atoms with van der Waals surface area (Å²) in [5.74, 6) is 2.50. The topological polar surface area (TPSA) is 27.7 Å². The number of rotatable bonds is 14. The zero-order valence-electron chi connectivity index (χ0n) is 26.2. The van der Waals surface area contributed by atoms with Crippen LogP contribution in [-0.2, 0) is 31.0 Å². The van der Waals surface area contributed by atoms with Crippen LogP contribution in [0.15, 0.2) is 121 Å². The second-order valence-electron chi connectivity index (χ2n) is 11.5. The van der Waals surface area contributed by atoms with Gasteiger partial charge in [-0.05, 0) is 91.4 Å². The Kier molecular flexibility index (Phi) is 10.7. The van der Waals surface area contributed by atoms with E-state index in [1.54, 1.807) is 0 Å². The maximum absolute atomic E-state index is 6.51. The van der Waals surface area contributed by atoms with Gasteiger partial charge in [0.25, 0.3) is 0 Å². The summed E-state index contributed by atoms with van der Waals surface area (Å²) in [6.45, 7) is 8.22. The van der Waals surface area contributed by atoms with Gasteiger partial charge in [-0.2, -0.15) is 11.8 Å². The number of hydrogen-bond acceptors (Lipinski definition) is 4. The van der Waals surface area contributed by atoms with Gasteiger partial charge < -0.3 is 14.2 Å². The normalized spacial score (nSPS) is 12.4. The molecule has 226 valence electrons. The van der Waals surface area contributed by atoms with Crippen LogP contribution in [0.2, 0.25) is 0 Å². The molecule has 0 amide bonds. The first-order valence-corrected chi connectivity index (χ1v) is 16.5. The minimum Gasteiger partial charge on any atom is -0.489 e. The largest absolute Gasteiger partial charge is 0.489 e. The van der Waals surface area contributed by atoms with E-state index in [1.165, 1.54) is 27.8 Å². The van der Waals surface area contributed by atoms with Gasteiger partial charge in [0.05, 0.1) is 0 Å². The predicted octanol–water partition coefficient (Wildman–Crippen LogP) is 10.3. The van der Waals surface area contributed by atoms with Gasteiger partial charge in [-0.3, -0.25) is 0 Å². The number of hydrogen-bond donors (Lipinski definition) is 0. The fourth-order valence-electron chi connectivity index (χ4n) is 5.58. The summed E-state index contributed by atoms with van der Waals surface area (Å²) >= 11 is 1.89. The fourth-order valence-corrected chi connectivity index (χ4v) is 6.35. The number of ether oxygens (including phenoxy) is 3. The maximum atomic E-state index is 6.51. The smallest absolute Gasteiger partial charge is 0.161 e. The molecule has 0 fully saturated rings. The van der Waals surface area contributed by atoms with E-state index >= 15 is 0 Å². The molecule has 3 nitrogen and oxygen atoms in total. The van der Waals surface area contributed by atoms with Gasteiger partial charge in [-0.25, -0.2) is 0 Å². The molecule has 0 bridgehead atoms. The Labute approximate surface area is 267 Å². The first-order valence-electron chi connectivity index (χ1n) is 15.2. The van der Waals surface area contributed by atoms with E-state index in [-0.39, 0.29) is 4.75 Å². The predicted molar refractivity (Wildman–Crippen MR) is 184 cm³/mol. The second kappa shape index (κ2) is 15.0. The highest BCUT2D eigenvalue weighted by atomic mass is 32.2. The Bertz CT molecular complexity index is 1620. The van der Waals surface area contributed by atoms with Gasteiger partial charge in [0.1, 0.15) is 25.6 Å². The van der Waals surface area contributed by atoms with Crippen molar-refractivity contribution in [2.24, 2.45) is 0 Å². The molecule has 0 aliphatic carbocycles. The molecule has 5 aromatic rings. The van der Waals surface area contributed by atoms with Crippen molar-refractivity contribution < 1.29 is 14.2 Å². The molecule has 5 aromatic carbocycles. The average molecular weight is 603 g/mol. The third-order valence-corrected chi connectivity index (χ3v) is 9.34. The van der Waals surface area contributed by atoms with Crippen LogP contribution in [-0.4, -0.2) is 6.26 Å². The summed E-state index contributed by atoms with van der Waals surface area (Å²) in [6.07, 6.45) is 4.04. The van der Waals surface area contributed by atoms with Gasteiger partial charge in [-0.1, -0.05) is 103 Å². The van der Waals surface area contributed by atoms with E-state index in [4.69, 9.17) is 14.2 Å². The van der Waals surface area contributed by atoms with Crippen LogP contribution in [0.25, 0.3) is 0 Å². The van der Waals surface area contributed by atoms with E-state index in [0.717, 1.165) is 41.2 Å². The van der Waals surface area contributed by atoms with Crippen LogP contribution in [0, 0.1) is 13.8 Å². The lowest BCUT2D eigenvalue weighted by Gasteiger charge is -2.32. The van der Waals surface area contributed by atoms with Gasteiger partial charge in [0.2, 0.25) is 0 Å². The second-order valence-corrected chi connectivity index (χ2v) is 12.8. The molecule has 0 aliphatic rings.